The summed E-state index contributed by atoms with van der Waals surface area (Å²) >= 11 is 0. The summed E-state index contributed by atoms with van der Waals surface area (Å²) in [4.78, 5) is 18.4. The van der Waals surface area contributed by atoms with E-state index in [1.165, 1.54) is 5.56 Å². The maximum atomic E-state index is 11.9. The van der Waals surface area contributed by atoms with Crippen molar-refractivity contribution >= 4 is 16.8 Å². The van der Waals surface area contributed by atoms with E-state index in [9.17, 15) is 4.79 Å². The van der Waals surface area contributed by atoms with Crippen molar-refractivity contribution in [3.8, 4) is 0 Å². The number of hydrogen-bond acceptors (Lipinski definition) is 3. The van der Waals surface area contributed by atoms with Gasteiger partial charge in [-0.2, -0.15) is 0 Å². The van der Waals surface area contributed by atoms with Crippen molar-refractivity contribution in [3.05, 3.63) is 41.6 Å². The van der Waals surface area contributed by atoms with E-state index in [0.717, 1.165) is 42.5 Å². The van der Waals surface area contributed by atoms with Gasteiger partial charge in [0.05, 0.1) is 12.1 Å². The molecular formula is C17H21N3O. The van der Waals surface area contributed by atoms with E-state index in [1.54, 1.807) is 0 Å². The standard InChI is InChI=1S/C17H21N3O/c1-13-4-6-15-10-14(5-7-16(15)19-13)11-18-12-17(21)20-8-2-3-9-20/h4-7,10,18H,2-3,8-9,11-12H2,1H3. The van der Waals surface area contributed by atoms with Gasteiger partial charge in [0.25, 0.3) is 0 Å². The molecule has 0 saturated carbocycles. The fourth-order valence-electron chi connectivity index (χ4n) is 2.78. The Morgan fingerprint density at radius 1 is 1.24 bits per heavy atom. The molecule has 1 saturated heterocycles. The maximum absolute atomic E-state index is 11.9. The summed E-state index contributed by atoms with van der Waals surface area (Å²) in [6, 6.07) is 10.4. The van der Waals surface area contributed by atoms with Crippen molar-refractivity contribution in [3.63, 3.8) is 0 Å². The Balaban J connectivity index is 1.57. The van der Waals surface area contributed by atoms with Crippen LogP contribution in [0.4, 0.5) is 0 Å². The fraction of sp³-hybridized carbons (Fsp3) is 0.412. The molecule has 3 rings (SSSR count). The molecule has 4 heteroatoms. The van der Waals surface area contributed by atoms with Crippen molar-refractivity contribution in [2.45, 2.75) is 26.3 Å². The summed E-state index contributed by atoms with van der Waals surface area (Å²) in [5.41, 5.74) is 3.24. The van der Waals surface area contributed by atoms with Crippen LogP contribution >= 0.6 is 0 Å². The minimum atomic E-state index is 0.214. The second kappa shape index (κ2) is 6.22. The van der Waals surface area contributed by atoms with Crippen LogP contribution in [0.15, 0.2) is 30.3 Å². The molecule has 1 N–H and O–H groups in total. The summed E-state index contributed by atoms with van der Waals surface area (Å²) in [6.07, 6.45) is 2.28. The van der Waals surface area contributed by atoms with Gasteiger partial charge in [-0.15, -0.1) is 0 Å². The summed E-state index contributed by atoms with van der Waals surface area (Å²) in [5.74, 6) is 0.214. The lowest BCUT2D eigenvalue weighted by Crippen LogP contribution is -2.35. The lowest BCUT2D eigenvalue weighted by atomic mass is 10.1. The van der Waals surface area contributed by atoms with E-state index in [4.69, 9.17) is 0 Å². The zero-order valence-corrected chi connectivity index (χ0v) is 12.4. The van der Waals surface area contributed by atoms with E-state index in [1.807, 2.05) is 24.0 Å². The van der Waals surface area contributed by atoms with E-state index < -0.39 is 0 Å². The third kappa shape index (κ3) is 3.39. The third-order valence-electron chi connectivity index (χ3n) is 3.96. The van der Waals surface area contributed by atoms with Crippen LogP contribution in [0.5, 0.6) is 0 Å². The minimum absolute atomic E-state index is 0.214. The van der Waals surface area contributed by atoms with E-state index in [0.29, 0.717) is 13.1 Å². The molecule has 0 aliphatic carbocycles. The Morgan fingerprint density at radius 3 is 2.86 bits per heavy atom. The molecule has 1 aliphatic heterocycles. The Kier molecular flexibility index (Phi) is 4.15. The number of benzene rings is 1. The highest BCUT2D eigenvalue weighted by molar-refractivity contribution is 5.80. The number of carbonyl (C=O) groups excluding carboxylic acids is 1. The number of hydrogen-bond donors (Lipinski definition) is 1. The molecule has 1 aromatic carbocycles. The molecule has 1 fully saturated rings. The first-order valence-corrected chi connectivity index (χ1v) is 7.57. The van der Waals surface area contributed by atoms with E-state index in [-0.39, 0.29) is 5.91 Å². The van der Waals surface area contributed by atoms with Crippen molar-refractivity contribution in [1.82, 2.24) is 15.2 Å². The first-order valence-electron chi connectivity index (χ1n) is 7.57. The first kappa shape index (κ1) is 14.0. The smallest absolute Gasteiger partial charge is 0.236 e. The molecule has 4 nitrogen and oxygen atoms in total. The molecule has 2 heterocycles. The van der Waals surface area contributed by atoms with Crippen LogP contribution in [0.25, 0.3) is 10.9 Å². The maximum Gasteiger partial charge on any atom is 0.236 e. The molecule has 0 radical (unpaired) electrons. The number of pyridine rings is 1. The van der Waals surface area contributed by atoms with Gasteiger partial charge in [0.2, 0.25) is 5.91 Å². The van der Waals surface area contributed by atoms with Crippen LogP contribution < -0.4 is 5.32 Å². The van der Waals surface area contributed by atoms with Crippen LogP contribution in [0.1, 0.15) is 24.1 Å². The minimum Gasteiger partial charge on any atom is -0.342 e. The first-order chi connectivity index (χ1) is 10.2. The highest BCUT2D eigenvalue weighted by Gasteiger charge is 2.16. The predicted molar refractivity (Wildman–Crippen MR) is 84.0 cm³/mol. The van der Waals surface area contributed by atoms with Crippen LogP contribution in [0.2, 0.25) is 0 Å². The van der Waals surface area contributed by atoms with Crippen molar-refractivity contribution in [1.29, 1.82) is 0 Å². The number of carbonyl (C=O) groups is 1. The van der Waals surface area contributed by atoms with Gasteiger partial charge in [0.1, 0.15) is 0 Å². The molecule has 21 heavy (non-hydrogen) atoms. The van der Waals surface area contributed by atoms with Crippen LogP contribution in [-0.2, 0) is 11.3 Å². The second-order valence-electron chi connectivity index (χ2n) is 5.67. The van der Waals surface area contributed by atoms with E-state index in [2.05, 4.69) is 28.5 Å². The topological polar surface area (TPSA) is 45.2 Å². The Bertz CT molecular complexity index is 648. The summed E-state index contributed by atoms with van der Waals surface area (Å²) in [7, 11) is 0. The monoisotopic (exact) mass is 283 g/mol. The SMILES string of the molecule is Cc1ccc2cc(CNCC(=O)N3CCCC3)ccc2n1. The molecule has 0 bridgehead atoms. The second-order valence-corrected chi connectivity index (χ2v) is 5.67. The lowest BCUT2D eigenvalue weighted by molar-refractivity contribution is -0.129. The number of aromatic nitrogens is 1. The molecule has 1 aromatic heterocycles. The van der Waals surface area contributed by atoms with Crippen LogP contribution in [0.3, 0.4) is 0 Å². The van der Waals surface area contributed by atoms with Crippen molar-refractivity contribution in [2.75, 3.05) is 19.6 Å². The van der Waals surface area contributed by atoms with Gasteiger partial charge in [-0.3, -0.25) is 9.78 Å². The highest BCUT2D eigenvalue weighted by Crippen LogP contribution is 2.14. The summed E-state index contributed by atoms with van der Waals surface area (Å²) in [6.45, 7) is 4.97. The van der Waals surface area contributed by atoms with Crippen LogP contribution in [-0.4, -0.2) is 35.4 Å². The Morgan fingerprint density at radius 2 is 2.05 bits per heavy atom. The normalized spacial score (nSPS) is 14.8. The van der Waals surface area contributed by atoms with Crippen molar-refractivity contribution in [2.24, 2.45) is 0 Å². The summed E-state index contributed by atoms with van der Waals surface area (Å²) in [5, 5.41) is 4.39. The molecular weight excluding hydrogens is 262 g/mol. The van der Waals surface area contributed by atoms with Gasteiger partial charge in [-0.25, -0.2) is 0 Å². The van der Waals surface area contributed by atoms with Crippen LogP contribution in [0, 0.1) is 6.92 Å². The predicted octanol–water partition coefficient (Wildman–Crippen LogP) is 2.26. The van der Waals surface area contributed by atoms with Gasteiger partial charge in [-0.05, 0) is 43.5 Å². The molecule has 1 aliphatic rings. The van der Waals surface area contributed by atoms with Gasteiger partial charge in [0.15, 0.2) is 0 Å². The average Bonchev–Trinajstić information content (AvgIpc) is 3.01. The molecule has 2 aromatic rings. The summed E-state index contributed by atoms with van der Waals surface area (Å²) < 4.78 is 0. The Hall–Kier alpha value is -1.94. The van der Waals surface area contributed by atoms with Gasteiger partial charge in [-0.1, -0.05) is 12.1 Å². The number of nitrogens with one attached hydrogen (secondary N) is 1. The molecule has 0 spiro atoms. The van der Waals surface area contributed by atoms with Gasteiger partial charge >= 0.3 is 0 Å². The zero-order chi connectivity index (χ0) is 14.7. The fourth-order valence-corrected chi connectivity index (χ4v) is 2.78. The average molecular weight is 283 g/mol. The quantitative estimate of drug-likeness (QED) is 0.936. The lowest BCUT2D eigenvalue weighted by Gasteiger charge is -2.15. The zero-order valence-electron chi connectivity index (χ0n) is 12.4. The number of nitrogens with zero attached hydrogens (tertiary/aromatic N) is 2. The third-order valence-corrected chi connectivity index (χ3v) is 3.96. The number of rotatable bonds is 4. The number of likely N-dealkylation sites (tertiary alicyclic amines) is 1. The molecule has 0 unspecified atom stereocenters. The van der Waals surface area contributed by atoms with Gasteiger partial charge in [0, 0.05) is 30.7 Å². The number of amides is 1. The van der Waals surface area contributed by atoms with Gasteiger partial charge < -0.3 is 10.2 Å². The highest BCUT2D eigenvalue weighted by atomic mass is 16.2. The number of aryl methyl sites for hydroxylation is 1. The molecule has 110 valence electrons. The Labute approximate surface area is 125 Å². The van der Waals surface area contributed by atoms with E-state index >= 15 is 0 Å². The van der Waals surface area contributed by atoms with Crippen molar-refractivity contribution < 1.29 is 4.79 Å². The molecule has 1 amide bonds. The molecule has 0 atom stereocenters. The number of fused-ring (bicyclic) bond motifs is 1. The largest absolute Gasteiger partial charge is 0.342 e.